The van der Waals surface area contributed by atoms with Gasteiger partial charge in [0.05, 0.1) is 0 Å². The summed E-state index contributed by atoms with van der Waals surface area (Å²) < 4.78 is 10.3. The molecular formula is C5H15NO2Si. The van der Waals surface area contributed by atoms with Gasteiger partial charge in [-0.2, -0.15) is 0 Å². The van der Waals surface area contributed by atoms with Crippen molar-refractivity contribution in [1.82, 2.24) is 0 Å². The first-order valence-electron chi connectivity index (χ1n) is 2.99. The molecule has 0 unspecified atom stereocenters. The number of hydrogen-bond donors (Lipinski definition) is 1. The molecule has 0 radical (unpaired) electrons. The zero-order valence-electron chi connectivity index (χ0n) is 6.31. The van der Waals surface area contributed by atoms with Gasteiger partial charge in [-0.3, -0.25) is 0 Å². The maximum absolute atomic E-state index is 5.34. The van der Waals surface area contributed by atoms with Crippen molar-refractivity contribution < 1.29 is 8.85 Å². The van der Waals surface area contributed by atoms with Crippen LogP contribution in [0.1, 0.15) is 0 Å². The normalized spacial score (nSPS) is 12.0. The quantitative estimate of drug-likeness (QED) is 0.585. The highest BCUT2D eigenvalue weighted by Gasteiger charge is 2.26. The fraction of sp³-hybridized carbons (Fsp3) is 1.00. The Morgan fingerprint density at radius 1 is 1.33 bits per heavy atom. The monoisotopic (exact) mass is 149 g/mol. The molecule has 0 aliphatic heterocycles. The zero-order valence-corrected chi connectivity index (χ0v) is 7.31. The SMILES string of the molecule is CO[Si](C)(CCN)OC. The molecule has 0 aliphatic carbocycles. The van der Waals surface area contributed by atoms with E-state index in [9.17, 15) is 0 Å². The Morgan fingerprint density at radius 3 is 1.89 bits per heavy atom. The van der Waals surface area contributed by atoms with Gasteiger partial charge < -0.3 is 14.6 Å². The van der Waals surface area contributed by atoms with E-state index in [1.165, 1.54) is 0 Å². The molecule has 0 heterocycles. The maximum atomic E-state index is 5.34. The van der Waals surface area contributed by atoms with Crippen LogP contribution < -0.4 is 5.73 Å². The van der Waals surface area contributed by atoms with Gasteiger partial charge in [0, 0.05) is 20.3 Å². The summed E-state index contributed by atoms with van der Waals surface area (Å²) in [5.41, 5.74) is 5.34. The average molecular weight is 149 g/mol. The van der Waals surface area contributed by atoms with Gasteiger partial charge in [-0.1, -0.05) is 0 Å². The van der Waals surface area contributed by atoms with Gasteiger partial charge in [-0.05, 0) is 13.1 Å². The van der Waals surface area contributed by atoms with E-state index >= 15 is 0 Å². The second kappa shape index (κ2) is 4.00. The Bertz CT molecular complexity index is 75.4. The Balaban J connectivity index is 3.62. The van der Waals surface area contributed by atoms with Crippen LogP contribution in [-0.2, 0) is 8.85 Å². The predicted octanol–water partition coefficient (Wildman–Crippen LogP) is 0.310. The number of rotatable bonds is 4. The van der Waals surface area contributed by atoms with Crippen LogP contribution in [0.4, 0.5) is 0 Å². The third-order valence-electron chi connectivity index (χ3n) is 1.46. The molecule has 0 atom stereocenters. The van der Waals surface area contributed by atoms with Gasteiger partial charge in [0.15, 0.2) is 0 Å². The lowest BCUT2D eigenvalue weighted by molar-refractivity contribution is 0.250. The van der Waals surface area contributed by atoms with Crippen molar-refractivity contribution in [2.45, 2.75) is 12.6 Å². The standard InChI is InChI=1S/C5H15NO2Si/c1-7-9(3,8-2)5-4-6/h4-6H2,1-3H3. The van der Waals surface area contributed by atoms with Crippen molar-refractivity contribution in [2.75, 3.05) is 20.8 Å². The van der Waals surface area contributed by atoms with Crippen molar-refractivity contribution >= 4 is 8.56 Å². The van der Waals surface area contributed by atoms with Crippen molar-refractivity contribution in [2.24, 2.45) is 5.73 Å². The van der Waals surface area contributed by atoms with Gasteiger partial charge in [0.2, 0.25) is 0 Å². The van der Waals surface area contributed by atoms with Crippen LogP contribution in [0.25, 0.3) is 0 Å². The summed E-state index contributed by atoms with van der Waals surface area (Å²) in [6.07, 6.45) is 0. The van der Waals surface area contributed by atoms with E-state index in [-0.39, 0.29) is 0 Å². The van der Waals surface area contributed by atoms with Crippen LogP contribution in [0.3, 0.4) is 0 Å². The fourth-order valence-electron chi connectivity index (χ4n) is 0.550. The van der Waals surface area contributed by atoms with Gasteiger partial charge in [-0.15, -0.1) is 0 Å². The van der Waals surface area contributed by atoms with Crippen molar-refractivity contribution in [3.05, 3.63) is 0 Å². The van der Waals surface area contributed by atoms with E-state index in [1.807, 2.05) is 6.55 Å². The molecule has 0 saturated carbocycles. The predicted molar refractivity (Wildman–Crippen MR) is 39.5 cm³/mol. The largest absolute Gasteiger partial charge is 0.398 e. The zero-order chi connectivity index (χ0) is 7.33. The molecule has 0 aliphatic rings. The molecule has 4 heteroatoms. The van der Waals surface area contributed by atoms with Gasteiger partial charge in [0.1, 0.15) is 0 Å². The molecule has 0 fully saturated rings. The summed E-state index contributed by atoms with van der Waals surface area (Å²) >= 11 is 0. The smallest absolute Gasteiger partial charge is 0.335 e. The minimum absolute atomic E-state index is 0.643. The number of nitrogens with two attached hydrogens (primary N) is 1. The first-order chi connectivity index (χ1) is 4.18. The summed E-state index contributed by atoms with van der Waals surface area (Å²) in [6.45, 7) is 2.64. The van der Waals surface area contributed by atoms with Crippen molar-refractivity contribution in [3.8, 4) is 0 Å². The van der Waals surface area contributed by atoms with E-state index in [0.29, 0.717) is 6.54 Å². The molecule has 0 amide bonds. The molecule has 0 aromatic heterocycles. The Kier molecular flexibility index (Phi) is 4.04. The third-order valence-corrected chi connectivity index (χ3v) is 4.39. The Hall–Kier alpha value is 0.0969. The molecule has 0 rings (SSSR count). The van der Waals surface area contributed by atoms with E-state index in [2.05, 4.69) is 0 Å². The summed E-state index contributed by atoms with van der Waals surface area (Å²) in [6, 6.07) is 0.861. The van der Waals surface area contributed by atoms with E-state index in [4.69, 9.17) is 14.6 Å². The highest BCUT2D eigenvalue weighted by molar-refractivity contribution is 6.66. The lowest BCUT2D eigenvalue weighted by Gasteiger charge is -2.21. The molecule has 9 heavy (non-hydrogen) atoms. The highest BCUT2D eigenvalue weighted by Crippen LogP contribution is 2.08. The summed E-state index contributed by atoms with van der Waals surface area (Å²) in [5.74, 6) is 0. The summed E-state index contributed by atoms with van der Waals surface area (Å²) in [4.78, 5) is 0. The van der Waals surface area contributed by atoms with E-state index in [1.54, 1.807) is 14.2 Å². The van der Waals surface area contributed by atoms with Crippen LogP contribution in [0.2, 0.25) is 12.6 Å². The van der Waals surface area contributed by atoms with Gasteiger partial charge >= 0.3 is 8.56 Å². The third kappa shape index (κ3) is 2.95. The van der Waals surface area contributed by atoms with Crippen LogP contribution in [0.5, 0.6) is 0 Å². The summed E-state index contributed by atoms with van der Waals surface area (Å²) in [5, 5.41) is 0. The first kappa shape index (κ1) is 9.10. The van der Waals surface area contributed by atoms with Crippen LogP contribution in [-0.4, -0.2) is 29.3 Å². The van der Waals surface area contributed by atoms with Crippen LogP contribution in [0.15, 0.2) is 0 Å². The molecular weight excluding hydrogens is 134 g/mol. The Morgan fingerprint density at radius 2 is 1.78 bits per heavy atom. The minimum atomic E-state index is -1.82. The summed E-state index contributed by atoms with van der Waals surface area (Å²) in [7, 11) is 1.52. The van der Waals surface area contributed by atoms with Crippen molar-refractivity contribution in [1.29, 1.82) is 0 Å². The fourth-order valence-corrected chi connectivity index (χ4v) is 1.65. The molecule has 2 N–H and O–H groups in total. The number of hydrogen-bond acceptors (Lipinski definition) is 3. The highest BCUT2D eigenvalue weighted by atomic mass is 28.4. The van der Waals surface area contributed by atoms with Gasteiger partial charge in [-0.25, -0.2) is 0 Å². The molecule has 0 aromatic carbocycles. The van der Waals surface area contributed by atoms with E-state index < -0.39 is 8.56 Å². The van der Waals surface area contributed by atoms with E-state index in [0.717, 1.165) is 6.04 Å². The average Bonchev–Trinajstić information content (AvgIpc) is 1.89. The second-order valence-corrected chi connectivity index (χ2v) is 5.66. The molecule has 0 bridgehead atoms. The molecule has 0 spiro atoms. The molecule has 3 nitrogen and oxygen atoms in total. The van der Waals surface area contributed by atoms with Crippen LogP contribution >= 0.6 is 0 Å². The lowest BCUT2D eigenvalue weighted by atomic mass is 10.8. The van der Waals surface area contributed by atoms with Crippen LogP contribution in [0, 0.1) is 0 Å². The topological polar surface area (TPSA) is 44.5 Å². The lowest BCUT2D eigenvalue weighted by Crippen LogP contribution is -2.38. The first-order valence-corrected chi connectivity index (χ1v) is 5.51. The van der Waals surface area contributed by atoms with Gasteiger partial charge in [0.25, 0.3) is 0 Å². The maximum Gasteiger partial charge on any atom is 0.335 e. The second-order valence-electron chi connectivity index (χ2n) is 2.08. The Labute approximate surface area is 57.4 Å². The minimum Gasteiger partial charge on any atom is -0.398 e. The van der Waals surface area contributed by atoms with Crippen molar-refractivity contribution in [3.63, 3.8) is 0 Å². The molecule has 0 aromatic rings. The molecule has 56 valence electrons. The molecule has 0 saturated heterocycles.